The van der Waals surface area contributed by atoms with Crippen LogP contribution in [0.3, 0.4) is 0 Å². The van der Waals surface area contributed by atoms with Crippen molar-refractivity contribution in [3.63, 3.8) is 0 Å². The molecular weight excluding hydrogens is 280 g/mol. The standard InChI is InChI=1S/C16H14N4S/c1-10-2-5-14-15(8-10)20-16(19-14)21-12-3-4-13(18)11(9-12)6-7-17/h2-5,8-9H,6,18H2,1H3,(H,19,20). The van der Waals surface area contributed by atoms with Gasteiger partial charge in [-0.05, 0) is 48.4 Å². The lowest BCUT2D eigenvalue weighted by molar-refractivity contribution is 1.08. The van der Waals surface area contributed by atoms with Crippen LogP contribution in [0.1, 0.15) is 11.1 Å². The number of hydrogen-bond donors (Lipinski definition) is 2. The van der Waals surface area contributed by atoms with Crippen molar-refractivity contribution >= 4 is 28.5 Å². The number of nitrogens with zero attached hydrogens (tertiary/aromatic N) is 2. The summed E-state index contributed by atoms with van der Waals surface area (Å²) >= 11 is 1.54. The van der Waals surface area contributed by atoms with Crippen molar-refractivity contribution in [2.45, 2.75) is 23.4 Å². The minimum Gasteiger partial charge on any atom is -0.398 e. The van der Waals surface area contributed by atoms with Crippen LogP contribution in [0.5, 0.6) is 0 Å². The molecule has 104 valence electrons. The van der Waals surface area contributed by atoms with E-state index in [0.29, 0.717) is 12.1 Å². The first-order chi connectivity index (χ1) is 10.2. The number of rotatable bonds is 3. The van der Waals surface area contributed by atoms with Gasteiger partial charge in [-0.25, -0.2) is 4.98 Å². The molecule has 0 aliphatic heterocycles. The van der Waals surface area contributed by atoms with Crippen LogP contribution in [0.25, 0.3) is 11.0 Å². The molecular formula is C16H14N4S. The molecule has 0 aliphatic carbocycles. The SMILES string of the molecule is Cc1ccc2nc(Sc3ccc(N)c(CC#N)c3)[nH]c2c1. The maximum Gasteiger partial charge on any atom is 0.171 e. The summed E-state index contributed by atoms with van der Waals surface area (Å²) in [5, 5.41) is 9.65. The van der Waals surface area contributed by atoms with Gasteiger partial charge in [-0.3, -0.25) is 0 Å². The Morgan fingerprint density at radius 2 is 2.14 bits per heavy atom. The molecule has 0 saturated carbocycles. The van der Waals surface area contributed by atoms with Gasteiger partial charge in [-0.1, -0.05) is 17.8 Å². The van der Waals surface area contributed by atoms with Gasteiger partial charge in [0.1, 0.15) is 0 Å². The van der Waals surface area contributed by atoms with Crippen LogP contribution in [-0.4, -0.2) is 9.97 Å². The van der Waals surface area contributed by atoms with E-state index >= 15 is 0 Å². The number of nitriles is 1. The largest absolute Gasteiger partial charge is 0.398 e. The average Bonchev–Trinajstić information content (AvgIpc) is 2.84. The summed E-state index contributed by atoms with van der Waals surface area (Å²) in [6, 6.07) is 14.0. The van der Waals surface area contributed by atoms with Gasteiger partial charge in [0.25, 0.3) is 0 Å². The van der Waals surface area contributed by atoms with Gasteiger partial charge >= 0.3 is 0 Å². The monoisotopic (exact) mass is 294 g/mol. The van der Waals surface area contributed by atoms with Crippen molar-refractivity contribution in [2.24, 2.45) is 0 Å². The van der Waals surface area contributed by atoms with Crippen LogP contribution < -0.4 is 5.73 Å². The van der Waals surface area contributed by atoms with Crippen molar-refractivity contribution in [1.29, 1.82) is 5.26 Å². The smallest absolute Gasteiger partial charge is 0.171 e. The Morgan fingerprint density at radius 3 is 2.95 bits per heavy atom. The van der Waals surface area contributed by atoms with Gasteiger partial charge in [0.05, 0.1) is 23.5 Å². The molecule has 0 unspecified atom stereocenters. The molecule has 4 nitrogen and oxygen atoms in total. The van der Waals surface area contributed by atoms with Gasteiger partial charge in [-0.15, -0.1) is 0 Å². The summed E-state index contributed by atoms with van der Waals surface area (Å²) in [4.78, 5) is 8.88. The number of aryl methyl sites for hydroxylation is 1. The Hall–Kier alpha value is -2.45. The maximum atomic E-state index is 8.82. The second-order valence-corrected chi connectivity index (χ2v) is 5.92. The first kappa shape index (κ1) is 13.5. The molecule has 1 heterocycles. The van der Waals surface area contributed by atoms with Gasteiger partial charge in [-0.2, -0.15) is 5.26 Å². The Balaban J connectivity index is 1.91. The molecule has 5 heteroatoms. The van der Waals surface area contributed by atoms with Crippen molar-refractivity contribution in [3.8, 4) is 6.07 Å². The highest BCUT2D eigenvalue weighted by Gasteiger charge is 2.07. The highest BCUT2D eigenvalue weighted by Crippen LogP contribution is 2.29. The molecule has 1 aromatic heterocycles. The normalized spacial score (nSPS) is 10.7. The van der Waals surface area contributed by atoms with Gasteiger partial charge in [0.2, 0.25) is 0 Å². The quantitative estimate of drug-likeness (QED) is 0.722. The lowest BCUT2D eigenvalue weighted by Gasteiger charge is -2.04. The number of nitrogen functional groups attached to an aromatic ring is 1. The van der Waals surface area contributed by atoms with Crippen molar-refractivity contribution in [2.75, 3.05) is 5.73 Å². The molecule has 0 fully saturated rings. The van der Waals surface area contributed by atoms with E-state index in [4.69, 9.17) is 11.0 Å². The number of aromatic nitrogens is 2. The molecule has 0 saturated heterocycles. The summed E-state index contributed by atoms with van der Waals surface area (Å²) in [7, 11) is 0. The zero-order valence-corrected chi connectivity index (χ0v) is 12.4. The summed E-state index contributed by atoms with van der Waals surface area (Å²) in [5.41, 5.74) is 10.6. The maximum absolute atomic E-state index is 8.82. The summed E-state index contributed by atoms with van der Waals surface area (Å²) in [6.07, 6.45) is 0.319. The van der Waals surface area contributed by atoms with E-state index in [2.05, 4.69) is 29.0 Å². The molecule has 3 aromatic rings. The lowest BCUT2D eigenvalue weighted by Crippen LogP contribution is -1.93. The molecule has 0 spiro atoms. The van der Waals surface area contributed by atoms with Crippen LogP contribution in [0.2, 0.25) is 0 Å². The molecule has 0 amide bonds. The van der Waals surface area contributed by atoms with Crippen LogP contribution in [0, 0.1) is 18.3 Å². The van der Waals surface area contributed by atoms with E-state index in [1.165, 1.54) is 17.3 Å². The number of aromatic amines is 1. The summed E-state index contributed by atoms with van der Waals surface area (Å²) < 4.78 is 0. The van der Waals surface area contributed by atoms with E-state index in [-0.39, 0.29) is 0 Å². The first-order valence-corrected chi connectivity index (χ1v) is 7.37. The predicted molar refractivity (Wildman–Crippen MR) is 85.1 cm³/mol. The number of H-pyrrole nitrogens is 1. The van der Waals surface area contributed by atoms with E-state index in [0.717, 1.165) is 26.6 Å². The van der Waals surface area contributed by atoms with E-state index in [9.17, 15) is 0 Å². The second kappa shape index (κ2) is 5.51. The fourth-order valence-electron chi connectivity index (χ4n) is 2.14. The lowest BCUT2D eigenvalue weighted by atomic mass is 10.1. The topological polar surface area (TPSA) is 78.5 Å². The number of nitrogens with one attached hydrogen (secondary N) is 1. The Kier molecular flexibility index (Phi) is 3.55. The minimum absolute atomic E-state index is 0.319. The van der Waals surface area contributed by atoms with Gasteiger partial charge < -0.3 is 10.7 Å². The number of fused-ring (bicyclic) bond motifs is 1. The number of anilines is 1. The molecule has 0 atom stereocenters. The van der Waals surface area contributed by atoms with E-state index < -0.39 is 0 Å². The average molecular weight is 294 g/mol. The zero-order valence-electron chi connectivity index (χ0n) is 11.6. The van der Waals surface area contributed by atoms with Crippen LogP contribution in [0.15, 0.2) is 46.5 Å². The first-order valence-electron chi connectivity index (χ1n) is 6.55. The molecule has 2 aromatic carbocycles. The molecule has 3 N–H and O–H groups in total. The van der Waals surface area contributed by atoms with Crippen molar-refractivity contribution in [3.05, 3.63) is 47.5 Å². The molecule has 21 heavy (non-hydrogen) atoms. The van der Waals surface area contributed by atoms with Gasteiger partial charge in [0, 0.05) is 10.6 Å². The number of imidazole rings is 1. The predicted octanol–water partition coefficient (Wildman–Crippen LogP) is 3.67. The fraction of sp³-hybridized carbons (Fsp3) is 0.125. The van der Waals surface area contributed by atoms with Crippen LogP contribution in [0.4, 0.5) is 5.69 Å². The fourth-order valence-corrected chi connectivity index (χ4v) is 3.01. The molecule has 3 rings (SSSR count). The minimum atomic E-state index is 0.319. The number of nitrogens with two attached hydrogens (primary N) is 1. The third-order valence-corrected chi connectivity index (χ3v) is 4.09. The molecule has 0 aliphatic rings. The highest BCUT2D eigenvalue weighted by atomic mass is 32.2. The van der Waals surface area contributed by atoms with E-state index in [1.54, 1.807) is 0 Å². The Bertz CT molecular complexity index is 845. The summed E-state index contributed by atoms with van der Waals surface area (Å²) in [5.74, 6) is 0. The van der Waals surface area contributed by atoms with Gasteiger partial charge in [0.15, 0.2) is 5.16 Å². The Labute approximate surface area is 127 Å². The van der Waals surface area contributed by atoms with Crippen LogP contribution >= 0.6 is 11.8 Å². The van der Waals surface area contributed by atoms with E-state index in [1.807, 2.05) is 30.3 Å². The van der Waals surface area contributed by atoms with Crippen LogP contribution in [-0.2, 0) is 6.42 Å². The number of hydrogen-bond acceptors (Lipinski definition) is 4. The third-order valence-electron chi connectivity index (χ3n) is 3.21. The van der Waals surface area contributed by atoms with Crippen molar-refractivity contribution in [1.82, 2.24) is 9.97 Å². The third kappa shape index (κ3) is 2.86. The summed E-state index contributed by atoms with van der Waals surface area (Å²) in [6.45, 7) is 2.06. The Morgan fingerprint density at radius 1 is 1.29 bits per heavy atom. The second-order valence-electron chi connectivity index (χ2n) is 4.86. The van der Waals surface area contributed by atoms with Crippen molar-refractivity contribution < 1.29 is 0 Å². The zero-order chi connectivity index (χ0) is 14.8. The highest BCUT2D eigenvalue weighted by molar-refractivity contribution is 7.99. The molecule has 0 bridgehead atoms. The molecule has 0 radical (unpaired) electrons. The number of benzene rings is 2.